The standard InChI is InChI=1S/C28H27N3O4/c1-28(27(33)29-17-20-10-5-7-14-25(20)35-3)18-30-23-13-6-4-9-19(23)15-24(30)26(32)31(28)21-11-8-12-22(16-21)34-2/h4-16H,17-18H2,1-3H3,(H,29,33)/t28-/m1/s1. The first-order chi connectivity index (χ1) is 17.0. The van der Waals surface area contributed by atoms with Crippen LogP contribution in [0.3, 0.4) is 0 Å². The summed E-state index contributed by atoms with van der Waals surface area (Å²) in [7, 11) is 3.18. The zero-order valence-corrected chi connectivity index (χ0v) is 19.9. The van der Waals surface area contributed by atoms with Gasteiger partial charge in [0.05, 0.1) is 20.8 Å². The second-order valence-corrected chi connectivity index (χ2v) is 8.78. The third-order valence-corrected chi connectivity index (χ3v) is 6.62. The molecule has 0 radical (unpaired) electrons. The minimum Gasteiger partial charge on any atom is -0.497 e. The maximum Gasteiger partial charge on any atom is 0.275 e. The molecule has 0 saturated heterocycles. The summed E-state index contributed by atoms with van der Waals surface area (Å²) in [6.45, 7) is 2.38. The summed E-state index contributed by atoms with van der Waals surface area (Å²) in [6.07, 6.45) is 0. The Bertz CT molecular complexity index is 1430. The lowest BCUT2D eigenvalue weighted by atomic mass is 9.93. The molecular weight excluding hydrogens is 442 g/mol. The van der Waals surface area contributed by atoms with Crippen molar-refractivity contribution in [1.82, 2.24) is 9.88 Å². The third-order valence-electron chi connectivity index (χ3n) is 6.62. The van der Waals surface area contributed by atoms with Crippen molar-refractivity contribution in [3.63, 3.8) is 0 Å². The van der Waals surface area contributed by atoms with Crippen LogP contribution in [0.4, 0.5) is 5.69 Å². The number of benzene rings is 3. The van der Waals surface area contributed by atoms with Crippen molar-refractivity contribution in [3.05, 3.63) is 90.1 Å². The Labute approximate surface area is 203 Å². The molecule has 0 saturated carbocycles. The number of rotatable bonds is 6. The van der Waals surface area contributed by atoms with Crippen LogP contribution in [0.25, 0.3) is 10.9 Å². The van der Waals surface area contributed by atoms with E-state index in [1.54, 1.807) is 32.1 Å². The van der Waals surface area contributed by atoms with E-state index >= 15 is 0 Å². The minimum atomic E-state index is -1.19. The molecule has 1 N–H and O–H groups in total. The molecule has 5 rings (SSSR count). The number of hydrogen-bond donors (Lipinski definition) is 1. The first kappa shape index (κ1) is 22.5. The number of aromatic nitrogens is 1. The maximum absolute atomic E-state index is 13.9. The Kier molecular flexibility index (Phi) is 5.68. The van der Waals surface area contributed by atoms with Crippen LogP contribution >= 0.6 is 0 Å². The highest BCUT2D eigenvalue weighted by atomic mass is 16.5. The lowest BCUT2D eigenvalue weighted by molar-refractivity contribution is -0.126. The van der Waals surface area contributed by atoms with Crippen molar-refractivity contribution in [1.29, 1.82) is 0 Å². The summed E-state index contributed by atoms with van der Waals surface area (Å²) in [6, 6.07) is 24.5. The van der Waals surface area contributed by atoms with Gasteiger partial charge in [-0.3, -0.25) is 14.5 Å². The van der Waals surface area contributed by atoms with Crippen LogP contribution < -0.4 is 19.7 Å². The van der Waals surface area contributed by atoms with Crippen LogP contribution in [0.5, 0.6) is 11.5 Å². The van der Waals surface area contributed by atoms with E-state index in [4.69, 9.17) is 9.47 Å². The number of fused-ring (bicyclic) bond motifs is 3. The van der Waals surface area contributed by atoms with Gasteiger partial charge in [0, 0.05) is 34.8 Å². The first-order valence-corrected chi connectivity index (χ1v) is 11.4. The van der Waals surface area contributed by atoms with E-state index in [-0.39, 0.29) is 18.4 Å². The number of hydrogen-bond acceptors (Lipinski definition) is 4. The Hall–Kier alpha value is -4.26. The molecule has 0 aliphatic carbocycles. The molecule has 7 heteroatoms. The molecule has 4 aromatic rings. The quantitative estimate of drug-likeness (QED) is 0.455. The van der Waals surface area contributed by atoms with Crippen LogP contribution in [0.1, 0.15) is 23.0 Å². The molecule has 0 bridgehead atoms. The molecule has 1 atom stereocenters. The molecule has 0 unspecified atom stereocenters. The largest absolute Gasteiger partial charge is 0.497 e. The highest BCUT2D eigenvalue weighted by Gasteiger charge is 2.48. The fourth-order valence-corrected chi connectivity index (χ4v) is 4.82. The highest BCUT2D eigenvalue weighted by molar-refractivity contribution is 6.14. The Morgan fingerprint density at radius 3 is 2.54 bits per heavy atom. The summed E-state index contributed by atoms with van der Waals surface area (Å²) >= 11 is 0. The van der Waals surface area contributed by atoms with Crippen molar-refractivity contribution < 1.29 is 19.1 Å². The first-order valence-electron chi connectivity index (χ1n) is 11.4. The molecule has 1 aromatic heterocycles. The fourth-order valence-electron chi connectivity index (χ4n) is 4.82. The normalized spacial score (nSPS) is 17.2. The van der Waals surface area contributed by atoms with Gasteiger partial charge in [-0.2, -0.15) is 0 Å². The van der Waals surface area contributed by atoms with Crippen molar-refractivity contribution in [2.75, 3.05) is 19.1 Å². The maximum atomic E-state index is 13.9. The smallest absolute Gasteiger partial charge is 0.275 e. The number of carbonyl (C=O) groups excluding carboxylic acids is 2. The predicted molar refractivity (Wildman–Crippen MR) is 135 cm³/mol. The van der Waals surface area contributed by atoms with Gasteiger partial charge in [0.1, 0.15) is 22.7 Å². The van der Waals surface area contributed by atoms with Gasteiger partial charge >= 0.3 is 0 Å². The lowest BCUT2D eigenvalue weighted by Crippen LogP contribution is -2.64. The molecule has 2 amide bonds. The number of ether oxygens (including phenoxy) is 2. The molecule has 7 nitrogen and oxygen atoms in total. The van der Waals surface area contributed by atoms with Gasteiger partial charge in [-0.1, -0.05) is 42.5 Å². The number of nitrogens with one attached hydrogen (secondary N) is 1. The zero-order valence-electron chi connectivity index (χ0n) is 19.9. The van der Waals surface area contributed by atoms with Crippen LogP contribution in [-0.4, -0.2) is 36.1 Å². The second kappa shape index (κ2) is 8.83. The molecular formula is C28H27N3O4. The molecule has 0 spiro atoms. The van der Waals surface area contributed by atoms with E-state index in [1.165, 1.54) is 0 Å². The summed E-state index contributed by atoms with van der Waals surface area (Å²) in [5.41, 5.74) is 1.73. The summed E-state index contributed by atoms with van der Waals surface area (Å²) in [5.74, 6) is 0.804. The topological polar surface area (TPSA) is 72.8 Å². The molecule has 0 fully saturated rings. The fraction of sp³-hybridized carbons (Fsp3) is 0.214. The summed E-state index contributed by atoms with van der Waals surface area (Å²) < 4.78 is 12.8. The number of carbonyl (C=O) groups is 2. The highest BCUT2D eigenvalue weighted by Crippen LogP contribution is 2.37. The number of para-hydroxylation sites is 2. The predicted octanol–water partition coefficient (Wildman–Crippen LogP) is 4.39. The van der Waals surface area contributed by atoms with Gasteiger partial charge in [0.15, 0.2) is 0 Å². The van der Waals surface area contributed by atoms with Gasteiger partial charge in [-0.05, 0) is 37.3 Å². The van der Waals surface area contributed by atoms with Gasteiger partial charge < -0.3 is 19.4 Å². The van der Waals surface area contributed by atoms with Crippen LogP contribution in [0.2, 0.25) is 0 Å². The zero-order chi connectivity index (χ0) is 24.6. The average molecular weight is 470 g/mol. The van der Waals surface area contributed by atoms with E-state index in [2.05, 4.69) is 5.32 Å². The van der Waals surface area contributed by atoms with E-state index < -0.39 is 5.54 Å². The number of amides is 2. The SMILES string of the molecule is COc1cccc(N2C(=O)c3cc4ccccc4n3C[C@]2(C)C(=O)NCc2ccccc2OC)c1. The van der Waals surface area contributed by atoms with Crippen molar-refractivity contribution >= 4 is 28.4 Å². The Balaban J connectivity index is 1.58. The van der Waals surface area contributed by atoms with Crippen molar-refractivity contribution in [2.24, 2.45) is 0 Å². The van der Waals surface area contributed by atoms with E-state index in [0.29, 0.717) is 29.4 Å². The van der Waals surface area contributed by atoms with Gasteiger partial charge in [0.25, 0.3) is 5.91 Å². The summed E-state index contributed by atoms with van der Waals surface area (Å²) in [4.78, 5) is 29.4. The number of nitrogens with zero attached hydrogens (tertiary/aromatic N) is 2. The van der Waals surface area contributed by atoms with E-state index in [9.17, 15) is 9.59 Å². The van der Waals surface area contributed by atoms with E-state index in [0.717, 1.165) is 16.5 Å². The van der Waals surface area contributed by atoms with Crippen molar-refractivity contribution in [3.8, 4) is 11.5 Å². The molecule has 1 aliphatic heterocycles. The Morgan fingerprint density at radius 1 is 0.971 bits per heavy atom. The average Bonchev–Trinajstić information content (AvgIpc) is 3.26. The molecule has 1 aliphatic rings. The van der Waals surface area contributed by atoms with Crippen LogP contribution in [0, 0.1) is 0 Å². The van der Waals surface area contributed by atoms with Gasteiger partial charge in [0.2, 0.25) is 5.91 Å². The van der Waals surface area contributed by atoms with Crippen LogP contribution in [0.15, 0.2) is 78.9 Å². The molecule has 35 heavy (non-hydrogen) atoms. The lowest BCUT2D eigenvalue weighted by Gasteiger charge is -2.44. The monoisotopic (exact) mass is 469 g/mol. The van der Waals surface area contributed by atoms with Gasteiger partial charge in [-0.15, -0.1) is 0 Å². The van der Waals surface area contributed by atoms with E-state index in [1.807, 2.05) is 77.4 Å². The third kappa shape index (κ3) is 3.79. The number of anilines is 1. The van der Waals surface area contributed by atoms with Crippen molar-refractivity contribution in [2.45, 2.75) is 25.6 Å². The van der Waals surface area contributed by atoms with Gasteiger partial charge in [-0.25, -0.2) is 0 Å². The van der Waals surface area contributed by atoms with Crippen LogP contribution in [-0.2, 0) is 17.9 Å². The molecule has 2 heterocycles. The Morgan fingerprint density at radius 2 is 1.74 bits per heavy atom. The minimum absolute atomic E-state index is 0.240. The molecule has 3 aromatic carbocycles. The summed E-state index contributed by atoms with van der Waals surface area (Å²) in [5, 5.41) is 4.00. The second-order valence-electron chi connectivity index (χ2n) is 8.78. The number of methoxy groups -OCH3 is 2. The molecule has 178 valence electrons.